The van der Waals surface area contributed by atoms with Gasteiger partial charge in [-0.2, -0.15) is 0 Å². The Hall–Kier alpha value is -3.73. The van der Waals surface area contributed by atoms with E-state index in [-0.39, 0.29) is 28.8 Å². The molecule has 2 bridgehead atoms. The summed E-state index contributed by atoms with van der Waals surface area (Å²) >= 11 is 6.27. The van der Waals surface area contributed by atoms with Crippen molar-refractivity contribution in [2.45, 2.75) is 71.5 Å². The van der Waals surface area contributed by atoms with Crippen LogP contribution in [-0.2, 0) is 24.0 Å². The van der Waals surface area contributed by atoms with Crippen LogP contribution in [0.1, 0.15) is 63.7 Å². The van der Waals surface area contributed by atoms with Gasteiger partial charge in [0, 0.05) is 17.7 Å². The average Bonchev–Trinajstić information content (AvgIpc) is 3.48. The molecule has 0 spiro atoms. The van der Waals surface area contributed by atoms with Crippen molar-refractivity contribution in [2.75, 3.05) is 5.32 Å². The zero-order valence-electron chi connectivity index (χ0n) is 22.2. The monoisotopic (exact) mass is 560 g/mol. The van der Waals surface area contributed by atoms with Crippen LogP contribution in [0.25, 0.3) is 0 Å². The van der Waals surface area contributed by atoms with Gasteiger partial charge in [0.1, 0.15) is 18.4 Å². The lowest BCUT2D eigenvalue weighted by Crippen LogP contribution is -2.59. The van der Waals surface area contributed by atoms with Crippen molar-refractivity contribution in [1.82, 2.24) is 15.5 Å². The number of anilines is 1. The number of aliphatic carboxylic acids is 1. The number of amides is 4. The summed E-state index contributed by atoms with van der Waals surface area (Å²) in [4.78, 5) is 75.7. The zero-order chi connectivity index (χ0) is 29.1. The summed E-state index contributed by atoms with van der Waals surface area (Å²) in [6.07, 6.45) is 2.94. The van der Waals surface area contributed by atoms with E-state index >= 15 is 0 Å². The Morgan fingerprint density at radius 1 is 1.18 bits per heavy atom. The molecule has 39 heavy (non-hydrogen) atoms. The van der Waals surface area contributed by atoms with Crippen LogP contribution in [0.3, 0.4) is 0 Å². The normalized spacial score (nSPS) is 19.5. The molecule has 1 aromatic carbocycles. The van der Waals surface area contributed by atoms with Gasteiger partial charge < -0.3 is 30.8 Å². The maximum Gasteiger partial charge on any atom is 0.305 e. The quantitative estimate of drug-likeness (QED) is 0.319. The fourth-order valence-corrected chi connectivity index (χ4v) is 4.98. The van der Waals surface area contributed by atoms with Gasteiger partial charge in [-0.05, 0) is 42.4 Å². The third-order valence-electron chi connectivity index (χ3n) is 6.77. The van der Waals surface area contributed by atoms with Gasteiger partial charge in [0.2, 0.25) is 11.8 Å². The third kappa shape index (κ3) is 6.83. The van der Waals surface area contributed by atoms with E-state index in [2.05, 4.69) is 16.0 Å². The van der Waals surface area contributed by atoms with Gasteiger partial charge in [0.05, 0.1) is 23.2 Å². The van der Waals surface area contributed by atoms with Gasteiger partial charge in [-0.15, -0.1) is 0 Å². The zero-order valence-corrected chi connectivity index (χ0v) is 23.0. The van der Waals surface area contributed by atoms with Crippen molar-refractivity contribution in [3.63, 3.8) is 0 Å². The Morgan fingerprint density at radius 3 is 2.44 bits per heavy atom. The van der Waals surface area contributed by atoms with E-state index < -0.39 is 53.7 Å². The van der Waals surface area contributed by atoms with E-state index in [1.54, 1.807) is 27.7 Å². The predicted molar refractivity (Wildman–Crippen MR) is 143 cm³/mol. The molecule has 12 heteroatoms. The Balaban J connectivity index is 1.83. The molecular formula is C27H33ClN4O7. The average molecular weight is 561 g/mol. The van der Waals surface area contributed by atoms with E-state index in [4.69, 9.17) is 16.7 Å². The summed E-state index contributed by atoms with van der Waals surface area (Å²) in [6.45, 7) is 7.03. The first kappa shape index (κ1) is 29.8. The fourth-order valence-electron chi connectivity index (χ4n) is 4.75. The SMILES string of the molecule is CCC(=O)Nc1ccc(C(=O)NC(C(=O)N2C3=CCC(C3)C2C(=O)N[C@H](C=O)CC(=O)O)C(C)(C)C)cc1Cl. The number of carbonyl (C=O) groups is 6. The molecule has 4 atom stereocenters. The number of halogens is 1. The van der Waals surface area contributed by atoms with Crippen molar-refractivity contribution >= 4 is 53.2 Å². The molecule has 1 heterocycles. The Bertz CT molecular complexity index is 1220. The molecule has 1 aromatic rings. The minimum Gasteiger partial charge on any atom is -0.481 e. The van der Waals surface area contributed by atoms with E-state index in [0.29, 0.717) is 30.5 Å². The van der Waals surface area contributed by atoms with Crippen molar-refractivity contribution in [2.24, 2.45) is 11.3 Å². The van der Waals surface area contributed by atoms with Gasteiger partial charge in [0.15, 0.2) is 0 Å². The van der Waals surface area contributed by atoms with Crippen molar-refractivity contribution in [1.29, 1.82) is 0 Å². The van der Waals surface area contributed by atoms with Crippen molar-refractivity contribution < 1.29 is 33.9 Å². The largest absolute Gasteiger partial charge is 0.481 e. The second-order valence-corrected chi connectivity index (χ2v) is 11.2. The van der Waals surface area contributed by atoms with Gasteiger partial charge in [0.25, 0.3) is 11.8 Å². The maximum absolute atomic E-state index is 13.9. The number of carboxylic acids is 1. The lowest BCUT2D eigenvalue weighted by Gasteiger charge is -2.37. The van der Waals surface area contributed by atoms with E-state index in [1.165, 1.54) is 23.1 Å². The Morgan fingerprint density at radius 2 is 1.87 bits per heavy atom. The third-order valence-corrected chi connectivity index (χ3v) is 7.08. The van der Waals surface area contributed by atoms with Crippen molar-refractivity contribution in [3.05, 3.63) is 40.6 Å². The number of fused-ring (bicyclic) bond motifs is 2. The molecule has 0 aromatic heterocycles. The molecule has 4 N–H and O–H groups in total. The van der Waals surface area contributed by atoms with E-state index in [0.717, 1.165) is 0 Å². The summed E-state index contributed by atoms with van der Waals surface area (Å²) < 4.78 is 0. The molecule has 1 fully saturated rings. The van der Waals surface area contributed by atoms with Crippen LogP contribution in [0.5, 0.6) is 0 Å². The van der Waals surface area contributed by atoms with Crippen molar-refractivity contribution in [3.8, 4) is 0 Å². The number of likely N-dealkylation sites (tertiary alicyclic amines) is 1. The smallest absolute Gasteiger partial charge is 0.305 e. The van der Waals surface area contributed by atoms with Crippen LogP contribution in [0.15, 0.2) is 30.0 Å². The van der Waals surface area contributed by atoms with Gasteiger partial charge in [-0.3, -0.25) is 24.0 Å². The first-order valence-electron chi connectivity index (χ1n) is 12.7. The number of hydrogen-bond acceptors (Lipinski definition) is 6. The Kier molecular flexibility index (Phi) is 9.16. The first-order valence-corrected chi connectivity index (χ1v) is 13.0. The molecule has 210 valence electrons. The summed E-state index contributed by atoms with van der Waals surface area (Å²) in [7, 11) is 0. The second kappa shape index (κ2) is 12.0. The molecule has 0 radical (unpaired) electrons. The topological polar surface area (TPSA) is 162 Å². The summed E-state index contributed by atoms with van der Waals surface area (Å²) in [5.41, 5.74) is 0.418. The van der Waals surface area contributed by atoms with Gasteiger partial charge in [-0.1, -0.05) is 45.4 Å². The predicted octanol–water partition coefficient (Wildman–Crippen LogP) is 2.50. The molecule has 0 saturated carbocycles. The van der Waals surface area contributed by atoms with Crippen LogP contribution in [0.2, 0.25) is 5.02 Å². The van der Waals surface area contributed by atoms with Gasteiger partial charge in [-0.25, -0.2) is 0 Å². The highest BCUT2D eigenvalue weighted by Gasteiger charge is 2.50. The number of nitrogens with one attached hydrogen (secondary N) is 3. The number of benzene rings is 1. The molecule has 3 unspecified atom stereocenters. The highest BCUT2D eigenvalue weighted by atomic mass is 35.5. The number of allylic oxidation sites excluding steroid dienone is 2. The molecule has 1 saturated heterocycles. The molecule has 1 aliphatic carbocycles. The van der Waals surface area contributed by atoms with Gasteiger partial charge >= 0.3 is 5.97 Å². The number of carboxylic acid groups (broad SMARTS) is 1. The van der Waals surface area contributed by atoms with Crippen LogP contribution in [-0.4, -0.2) is 64.0 Å². The fraction of sp³-hybridized carbons (Fsp3) is 0.481. The number of hydrogen-bond donors (Lipinski definition) is 4. The van der Waals surface area contributed by atoms with Crippen LogP contribution >= 0.6 is 11.6 Å². The summed E-state index contributed by atoms with van der Waals surface area (Å²) in [6, 6.07) is 1.17. The van der Waals surface area contributed by atoms with Crippen LogP contribution < -0.4 is 16.0 Å². The van der Waals surface area contributed by atoms with E-state index in [1.807, 2.05) is 6.08 Å². The molecule has 11 nitrogen and oxygen atoms in total. The minimum atomic E-state index is -1.24. The highest BCUT2D eigenvalue weighted by molar-refractivity contribution is 6.34. The molecule has 3 rings (SSSR count). The summed E-state index contributed by atoms with van der Waals surface area (Å²) in [5, 5.41) is 17.0. The first-order chi connectivity index (χ1) is 18.3. The second-order valence-electron chi connectivity index (χ2n) is 10.8. The summed E-state index contributed by atoms with van der Waals surface area (Å²) in [5.74, 6) is -3.38. The van der Waals surface area contributed by atoms with Crippen LogP contribution in [0.4, 0.5) is 5.69 Å². The molecular weight excluding hydrogens is 528 g/mol. The maximum atomic E-state index is 13.9. The minimum absolute atomic E-state index is 0.160. The highest BCUT2D eigenvalue weighted by Crippen LogP contribution is 2.43. The molecule has 2 aliphatic rings. The lowest BCUT2D eigenvalue weighted by molar-refractivity contribution is -0.143. The number of nitrogens with zero attached hydrogens (tertiary/aromatic N) is 1. The van der Waals surface area contributed by atoms with E-state index in [9.17, 15) is 28.8 Å². The number of aldehydes is 1. The standard InChI is InChI=1S/C27H33ClN4O7/c1-5-20(34)30-19-9-7-15(11-18(19)28)24(37)31-23(27(2,3)4)26(39)32-17-8-6-14(10-17)22(32)25(38)29-16(13-33)12-21(35)36/h7-9,11,13-14,16,22-23H,5-6,10,12H2,1-4H3,(H,29,38)(H,30,34)(H,31,37)(H,35,36)/t14?,16-,22?,23?/m0/s1. The number of rotatable bonds is 10. The molecule has 4 amide bonds. The van der Waals surface area contributed by atoms with Crippen LogP contribution in [0, 0.1) is 11.3 Å². The lowest BCUT2D eigenvalue weighted by atomic mass is 9.85. The number of carbonyl (C=O) groups excluding carboxylic acids is 5. The Labute approximate surface area is 231 Å². The molecule has 1 aliphatic heterocycles.